The Balaban J connectivity index is 1.47. The van der Waals surface area contributed by atoms with Crippen LogP contribution in [-0.4, -0.2) is 26.4 Å². The summed E-state index contributed by atoms with van der Waals surface area (Å²) in [6.07, 6.45) is 2.35. The molecule has 3 heterocycles. The van der Waals surface area contributed by atoms with Gasteiger partial charge in [0.15, 0.2) is 5.16 Å². The fourth-order valence-corrected chi connectivity index (χ4v) is 4.73. The van der Waals surface area contributed by atoms with E-state index in [9.17, 15) is 4.79 Å². The van der Waals surface area contributed by atoms with E-state index in [4.69, 9.17) is 4.42 Å². The molecule has 0 spiro atoms. The Morgan fingerprint density at radius 2 is 2.03 bits per heavy atom. The number of para-hydroxylation sites is 1. The first kappa shape index (κ1) is 21.4. The minimum absolute atomic E-state index is 0.0644. The van der Waals surface area contributed by atoms with Crippen molar-refractivity contribution in [2.45, 2.75) is 37.9 Å². The van der Waals surface area contributed by atoms with Crippen LogP contribution in [0.25, 0.3) is 0 Å². The molecule has 0 atom stereocenters. The van der Waals surface area contributed by atoms with Crippen LogP contribution < -0.4 is 5.32 Å². The third kappa shape index (κ3) is 5.45. The summed E-state index contributed by atoms with van der Waals surface area (Å²) in [4.78, 5) is 13.9. The maximum absolute atomic E-state index is 12.6. The molecule has 0 unspecified atom stereocenters. The van der Waals surface area contributed by atoms with Gasteiger partial charge in [-0.1, -0.05) is 49.9 Å². The van der Waals surface area contributed by atoms with E-state index in [0.717, 1.165) is 22.8 Å². The first-order valence-electron chi connectivity index (χ1n) is 10.1. The molecule has 0 aliphatic heterocycles. The number of amides is 1. The molecule has 0 radical (unpaired) electrons. The standard InChI is InChI=1S/C23H24N4O2S2/c1-16(2)19-9-3-4-10-20(19)24-22(28)15-31-23-26-25-21(13-18-8-6-12-30-18)27(23)14-17-7-5-11-29-17/h3-12,16H,13-15H2,1-2H3,(H,24,28). The van der Waals surface area contributed by atoms with Gasteiger partial charge >= 0.3 is 0 Å². The third-order valence-corrected chi connectivity index (χ3v) is 6.63. The van der Waals surface area contributed by atoms with Crippen molar-refractivity contribution < 1.29 is 9.21 Å². The van der Waals surface area contributed by atoms with E-state index >= 15 is 0 Å². The summed E-state index contributed by atoms with van der Waals surface area (Å²) in [7, 11) is 0. The van der Waals surface area contributed by atoms with Crippen molar-refractivity contribution in [2.24, 2.45) is 0 Å². The van der Waals surface area contributed by atoms with Gasteiger partial charge in [-0.15, -0.1) is 21.5 Å². The molecule has 0 aliphatic rings. The lowest BCUT2D eigenvalue weighted by Crippen LogP contribution is -2.16. The molecule has 4 rings (SSSR count). The summed E-state index contributed by atoms with van der Waals surface area (Å²) in [6.45, 7) is 4.76. The Kier molecular flexibility index (Phi) is 6.89. The highest BCUT2D eigenvalue weighted by molar-refractivity contribution is 7.99. The number of nitrogens with one attached hydrogen (secondary N) is 1. The highest BCUT2D eigenvalue weighted by Gasteiger charge is 2.17. The van der Waals surface area contributed by atoms with E-state index in [2.05, 4.69) is 40.8 Å². The van der Waals surface area contributed by atoms with Crippen LogP contribution in [0.15, 0.2) is 69.7 Å². The number of aromatic nitrogens is 3. The molecule has 6 nitrogen and oxygen atoms in total. The Morgan fingerprint density at radius 1 is 1.16 bits per heavy atom. The molecule has 4 aromatic rings. The average Bonchev–Trinajstić information content (AvgIpc) is 3.52. The molecular weight excluding hydrogens is 428 g/mol. The van der Waals surface area contributed by atoms with Crippen LogP contribution in [0.3, 0.4) is 0 Å². The molecule has 1 aromatic carbocycles. The normalized spacial score (nSPS) is 11.2. The summed E-state index contributed by atoms with van der Waals surface area (Å²) in [5.41, 5.74) is 1.98. The predicted octanol–water partition coefficient (Wildman–Crippen LogP) is 5.43. The first-order chi connectivity index (χ1) is 15.1. The monoisotopic (exact) mass is 452 g/mol. The van der Waals surface area contributed by atoms with E-state index in [1.165, 1.54) is 16.6 Å². The molecule has 1 amide bonds. The minimum atomic E-state index is -0.0644. The maximum atomic E-state index is 12.6. The number of carbonyl (C=O) groups is 1. The lowest BCUT2D eigenvalue weighted by Gasteiger charge is -2.13. The number of rotatable bonds is 9. The van der Waals surface area contributed by atoms with E-state index in [0.29, 0.717) is 24.0 Å². The summed E-state index contributed by atoms with van der Waals surface area (Å²) < 4.78 is 7.56. The van der Waals surface area contributed by atoms with Gasteiger partial charge in [0, 0.05) is 17.0 Å². The van der Waals surface area contributed by atoms with Gasteiger partial charge < -0.3 is 9.73 Å². The van der Waals surface area contributed by atoms with Gasteiger partial charge in [0.05, 0.1) is 18.6 Å². The zero-order chi connectivity index (χ0) is 21.6. The van der Waals surface area contributed by atoms with Gasteiger partial charge in [0.1, 0.15) is 11.6 Å². The molecule has 0 fully saturated rings. The molecule has 0 aliphatic carbocycles. The predicted molar refractivity (Wildman–Crippen MR) is 125 cm³/mol. The van der Waals surface area contributed by atoms with E-state index in [-0.39, 0.29) is 11.7 Å². The molecule has 1 N–H and O–H groups in total. The second-order valence-electron chi connectivity index (χ2n) is 7.40. The van der Waals surface area contributed by atoms with Gasteiger partial charge in [-0.05, 0) is 41.1 Å². The second kappa shape index (κ2) is 9.98. The van der Waals surface area contributed by atoms with E-state index in [1.807, 2.05) is 47.0 Å². The van der Waals surface area contributed by atoms with Crippen LogP contribution in [0.5, 0.6) is 0 Å². The lowest BCUT2D eigenvalue weighted by atomic mass is 10.0. The molecule has 3 aromatic heterocycles. The summed E-state index contributed by atoms with van der Waals surface area (Å²) in [5, 5.41) is 14.6. The number of carbonyl (C=O) groups excluding carboxylic acids is 1. The number of hydrogen-bond donors (Lipinski definition) is 1. The number of anilines is 1. The quantitative estimate of drug-likeness (QED) is 0.343. The summed E-state index contributed by atoms with van der Waals surface area (Å²) in [6, 6.07) is 15.8. The molecule has 0 saturated heterocycles. The fraction of sp³-hybridized carbons (Fsp3) is 0.261. The van der Waals surface area contributed by atoms with Gasteiger partial charge in [-0.2, -0.15) is 0 Å². The largest absolute Gasteiger partial charge is 0.467 e. The number of hydrogen-bond acceptors (Lipinski definition) is 6. The SMILES string of the molecule is CC(C)c1ccccc1NC(=O)CSc1nnc(Cc2cccs2)n1Cc1ccco1. The average molecular weight is 453 g/mol. The molecule has 31 heavy (non-hydrogen) atoms. The third-order valence-electron chi connectivity index (χ3n) is 4.79. The van der Waals surface area contributed by atoms with E-state index in [1.54, 1.807) is 17.6 Å². The van der Waals surface area contributed by atoms with Crippen LogP contribution in [-0.2, 0) is 17.8 Å². The Hall–Kier alpha value is -2.84. The highest BCUT2D eigenvalue weighted by Crippen LogP contribution is 2.25. The van der Waals surface area contributed by atoms with Gasteiger partial charge in [-0.25, -0.2) is 0 Å². The van der Waals surface area contributed by atoms with Crippen LogP contribution >= 0.6 is 23.1 Å². The Morgan fingerprint density at radius 3 is 2.77 bits per heavy atom. The van der Waals surface area contributed by atoms with Crippen molar-refractivity contribution in [1.82, 2.24) is 14.8 Å². The number of furan rings is 1. The summed E-state index contributed by atoms with van der Waals surface area (Å²) in [5.74, 6) is 2.20. The number of nitrogens with zero attached hydrogens (tertiary/aromatic N) is 3. The van der Waals surface area contributed by atoms with Crippen molar-refractivity contribution >= 4 is 34.7 Å². The fourth-order valence-electron chi connectivity index (χ4n) is 3.27. The van der Waals surface area contributed by atoms with Crippen LogP contribution in [0.2, 0.25) is 0 Å². The molecule has 160 valence electrons. The molecular formula is C23H24N4O2S2. The van der Waals surface area contributed by atoms with Gasteiger partial charge in [-0.3, -0.25) is 9.36 Å². The zero-order valence-corrected chi connectivity index (χ0v) is 19.1. The van der Waals surface area contributed by atoms with Crippen LogP contribution in [0.1, 0.15) is 41.8 Å². The zero-order valence-electron chi connectivity index (χ0n) is 17.4. The van der Waals surface area contributed by atoms with E-state index < -0.39 is 0 Å². The lowest BCUT2D eigenvalue weighted by molar-refractivity contribution is -0.113. The van der Waals surface area contributed by atoms with Crippen molar-refractivity contribution in [3.05, 3.63) is 82.2 Å². The second-order valence-corrected chi connectivity index (χ2v) is 9.37. The number of thioether (sulfide) groups is 1. The maximum Gasteiger partial charge on any atom is 0.234 e. The minimum Gasteiger partial charge on any atom is -0.467 e. The van der Waals surface area contributed by atoms with Gasteiger partial charge in [0.2, 0.25) is 5.91 Å². The van der Waals surface area contributed by atoms with Crippen molar-refractivity contribution in [2.75, 3.05) is 11.1 Å². The van der Waals surface area contributed by atoms with Crippen molar-refractivity contribution in [3.63, 3.8) is 0 Å². The van der Waals surface area contributed by atoms with Gasteiger partial charge in [0.25, 0.3) is 0 Å². The van der Waals surface area contributed by atoms with Crippen molar-refractivity contribution in [3.8, 4) is 0 Å². The molecule has 8 heteroatoms. The Labute approximate surface area is 189 Å². The number of benzene rings is 1. The van der Waals surface area contributed by atoms with Crippen LogP contribution in [0, 0.1) is 0 Å². The first-order valence-corrected chi connectivity index (χ1v) is 11.9. The summed E-state index contributed by atoms with van der Waals surface area (Å²) >= 11 is 3.07. The molecule has 0 saturated carbocycles. The molecule has 0 bridgehead atoms. The topological polar surface area (TPSA) is 73.0 Å². The highest BCUT2D eigenvalue weighted by atomic mass is 32.2. The smallest absolute Gasteiger partial charge is 0.234 e. The Bertz CT molecular complexity index is 1120. The van der Waals surface area contributed by atoms with Crippen LogP contribution in [0.4, 0.5) is 5.69 Å². The number of thiophene rings is 1. The van der Waals surface area contributed by atoms with Crippen molar-refractivity contribution in [1.29, 1.82) is 0 Å².